The van der Waals surface area contributed by atoms with Gasteiger partial charge in [-0.2, -0.15) is 5.10 Å². The summed E-state index contributed by atoms with van der Waals surface area (Å²) in [6, 6.07) is 5.28. The third kappa shape index (κ3) is 4.36. The summed E-state index contributed by atoms with van der Waals surface area (Å²) in [5.74, 6) is 0.482. The van der Waals surface area contributed by atoms with Crippen molar-refractivity contribution in [2.45, 2.75) is 13.0 Å². The lowest BCUT2D eigenvalue weighted by Gasteiger charge is -2.04. The summed E-state index contributed by atoms with van der Waals surface area (Å²) in [5.41, 5.74) is 1.19. The topological polar surface area (TPSA) is 92.1 Å². The zero-order valence-electron chi connectivity index (χ0n) is 11.0. The summed E-state index contributed by atoms with van der Waals surface area (Å²) in [7, 11) is 0. The molecule has 7 nitrogen and oxygen atoms in total. The third-order valence-electron chi connectivity index (χ3n) is 2.66. The number of hydrogen-bond donors (Lipinski definition) is 3. The molecule has 0 aliphatic carbocycles. The molecule has 0 fully saturated rings. The van der Waals surface area contributed by atoms with Crippen molar-refractivity contribution in [3.05, 3.63) is 42.4 Å². The number of aromatic nitrogens is 3. The molecule has 2 aromatic heterocycles. The molecule has 0 spiro atoms. The Kier molecular flexibility index (Phi) is 5.08. The van der Waals surface area contributed by atoms with Gasteiger partial charge in [0.15, 0.2) is 5.82 Å². The Morgan fingerprint density at radius 3 is 2.85 bits per heavy atom. The van der Waals surface area contributed by atoms with E-state index in [-0.39, 0.29) is 19.2 Å². The van der Waals surface area contributed by atoms with Gasteiger partial charge in [-0.25, -0.2) is 4.79 Å². The van der Waals surface area contributed by atoms with Gasteiger partial charge >= 0.3 is 6.03 Å². The Hall–Kier alpha value is -2.41. The molecule has 0 radical (unpaired) electrons. The third-order valence-corrected chi connectivity index (χ3v) is 2.66. The number of carbonyl (C=O) groups excluding carboxylic acids is 1. The van der Waals surface area contributed by atoms with Gasteiger partial charge in [0.1, 0.15) is 0 Å². The maximum absolute atomic E-state index is 11.4. The molecule has 7 heteroatoms. The highest BCUT2D eigenvalue weighted by Crippen LogP contribution is 2.04. The molecule has 2 aromatic rings. The lowest BCUT2D eigenvalue weighted by atomic mass is 10.2. The Labute approximate surface area is 116 Å². The number of pyridine rings is 1. The van der Waals surface area contributed by atoms with Crippen LogP contribution in [-0.2, 0) is 13.0 Å². The predicted octanol–water partition coefficient (Wildman–Crippen LogP) is 0.635. The van der Waals surface area contributed by atoms with Crippen LogP contribution in [0.4, 0.5) is 10.6 Å². The Bertz CT molecular complexity index is 541. The fourth-order valence-corrected chi connectivity index (χ4v) is 1.68. The van der Waals surface area contributed by atoms with E-state index in [9.17, 15) is 4.79 Å². The van der Waals surface area contributed by atoms with E-state index in [2.05, 4.69) is 20.7 Å². The largest absolute Gasteiger partial charge is 0.395 e. The quantitative estimate of drug-likeness (QED) is 0.721. The SMILES string of the molecule is O=C(NCCO)Nc1ccn(CCc2ccncc2)n1. The minimum Gasteiger partial charge on any atom is -0.395 e. The van der Waals surface area contributed by atoms with Gasteiger partial charge in [-0.3, -0.25) is 15.0 Å². The van der Waals surface area contributed by atoms with E-state index in [1.54, 1.807) is 23.1 Å². The van der Waals surface area contributed by atoms with Gasteiger partial charge in [-0.1, -0.05) is 0 Å². The molecule has 0 aromatic carbocycles. The predicted molar refractivity (Wildman–Crippen MR) is 74.3 cm³/mol. The highest BCUT2D eigenvalue weighted by molar-refractivity contribution is 5.88. The molecule has 0 saturated carbocycles. The molecule has 2 heterocycles. The van der Waals surface area contributed by atoms with Gasteiger partial charge in [0.2, 0.25) is 0 Å². The van der Waals surface area contributed by atoms with Crippen molar-refractivity contribution in [3.8, 4) is 0 Å². The molecule has 106 valence electrons. The minimum atomic E-state index is -0.376. The normalized spacial score (nSPS) is 10.2. The lowest BCUT2D eigenvalue weighted by molar-refractivity contribution is 0.244. The number of anilines is 1. The van der Waals surface area contributed by atoms with Crippen LogP contribution in [0.15, 0.2) is 36.8 Å². The molecule has 0 saturated heterocycles. The second kappa shape index (κ2) is 7.25. The summed E-state index contributed by atoms with van der Waals surface area (Å²) in [6.45, 7) is 0.854. The lowest BCUT2D eigenvalue weighted by Crippen LogP contribution is -2.31. The van der Waals surface area contributed by atoms with Crippen LogP contribution in [0.2, 0.25) is 0 Å². The van der Waals surface area contributed by atoms with Crippen molar-refractivity contribution in [3.63, 3.8) is 0 Å². The van der Waals surface area contributed by atoms with Gasteiger partial charge in [0.25, 0.3) is 0 Å². The highest BCUT2D eigenvalue weighted by atomic mass is 16.3. The van der Waals surface area contributed by atoms with E-state index in [0.29, 0.717) is 5.82 Å². The van der Waals surface area contributed by atoms with Gasteiger partial charge in [0.05, 0.1) is 6.61 Å². The van der Waals surface area contributed by atoms with Crippen molar-refractivity contribution >= 4 is 11.8 Å². The summed E-state index contributed by atoms with van der Waals surface area (Å²) in [4.78, 5) is 15.3. The van der Waals surface area contributed by atoms with E-state index in [1.807, 2.05) is 18.3 Å². The second-order valence-electron chi connectivity index (χ2n) is 4.17. The van der Waals surface area contributed by atoms with Crippen LogP contribution in [0.5, 0.6) is 0 Å². The number of amides is 2. The molecule has 0 aliphatic rings. The van der Waals surface area contributed by atoms with Crippen LogP contribution in [0.25, 0.3) is 0 Å². The molecule has 0 aliphatic heterocycles. The number of hydrogen-bond acceptors (Lipinski definition) is 4. The van der Waals surface area contributed by atoms with E-state index in [1.165, 1.54) is 5.56 Å². The van der Waals surface area contributed by atoms with Crippen LogP contribution >= 0.6 is 0 Å². The van der Waals surface area contributed by atoms with Crippen molar-refractivity contribution in [1.29, 1.82) is 0 Å². The molecular formula is C13H17N5O2. The molecule has 0 unspecified atom stereocenters. The van der Waals surface area contributed by atoms with E-state index >= 15 is 0 Å². The molecular weight excluding hydrogens is 258 g/mol. The van der Waals surface area contributed by atoms with Crippen LogP contribution in [0, 0.1) is 0 Å². The first kappa shape index (κ1) is 14.0. The fraction of sp³-hybridized carbons (Fsp3) is 0.308. The first-order chi connectivity index (χ1) is 9.78. The molecule has 0 bridgehead atoms. The average molecular weight is 275 g/mol. The fourth-order valence-electron chi connectivity index (χ4n) is 1.68. The number of aliphatic hydroxyl groups excluding tert-OH is 1. The summed E-state index contributed by atoms with van der Waals surface area (Å²) >= 11 is 0. The Morgan fingerprint density at radius 1 is 1.30 bits per heavy atom. The monoisotopic (exact) mass is 275 g/mol. The number of rotatable bonds is 6. The number of nitrogens with one attached hydrogen (secondary N) is 2. The number of aliphatic hydroxyl groups is 1. The van der Waals surface area contributed by atoms with Crippen LogP contribution in [-0.4, -0.2) is 39.1 Å². The Morgan fingerprint density at radius 2 is 2.10 bits per heavy atom. The summed E-state index contributed by atoms with van der Waals surface area (Å²) in [6.07, 6.45) is 6.18. The number of nitrogens with zero attached hydrogens (tertiary/aromatic N) is 3. The van der Waals surface area contributed by atoms with E-state index < -0.39 is 0 Å². The second-order valence-corrected chi connectivity index (χ2v) is 4.17. The molecule has 2 rings (SSSR count). The van der Waals surface area contributed by atoms with E-state index in [4.69, 9.17) is 5.11 Å². The van der Waals surface area contributed by atoms with Gasteiger partial charge < -0.3 is 10.4 Å². The summed E-state index contributed by atoms with van der Waals surface area (Å²) < 4.78 is 1.77. The van der Waals surface area contributed by atoms with E-state index in [0.717, 1.165) is 13.0 Å². The molecule has 0 atom stereocenters. The van der Waals surface area contributed by atoms with Gasteiger partial charge in [-0.05, 0) is 24.1 Å². The Balaban J connectivity index is 1.81. The zero-order chi connectivity index (χ0) is 14.2. The maximum Gasteiger partial charge on any atom is 0.320 e. The number of aryl methyl sites for hydroxylation is 2. The van der Waals surface area contributed by atoms with Crippen LogP contribution in [0.3, 0.4) is 0 Å². The number of urea groups is 1. The van der Waals surface area contributed by atoms with Crippen molar-refractivity contribution < 1.29 is 9.90 Å². The standard InChI is InChI=1S/C13H17N5O2/c19-10-7-15-13(20)16-12-4-9-18(17-12)8-3-11-1-5-14-6-2-11/h1-2,4-6,9,19H,3,7-8,10H2,(H2,15,16,17,20). The zero-order valence-corrected chi connectivity index (χ0v) is 11.0. The molecule has 20 heavy (non-hydrogen) atoms. The number of carbonyl (C=O) groups is 1. The first-order valence-electron chi connectivity index (χ1n) is 6.36. The highest BCUT2D eigenvalue weighted by Gasteiger charge is 2.04. The van der Waals surface area contributed by atoms with Gasteiger partial charge in [-0.15, -0.1) is 0 Å². The maximum atomic E-state index is 11.4. The van der Waals surface area contributed by atoms with Crippen LogP contribution < -0.4 is 10.6 Å². The molecule has 2 amide bonds. The average Bonchev–Trinajstić information content (AvgIpc) is 2.91. The smallest absolute Gasteiger partial charge is 0.320 e. The van der Waals surface area contributed by atoms with Crippen molar-refractivity contribution in [1.82, 2.24) is 20.1 Å². The van der Waals surface area contributed by atoms with Gasteiger partial charge in [0, 0.05) is 37.7 Å². The first-order valence-corrected chi connectivity index (χ1v) is 6.36. The van der Waals surface area contributed by atoms with Crippen LogP contribution in [0.1, 0.15) is 5.56 Å². The van der Waals surface area contributed by atoms with Crippen molar-refractivity contribution in [2.24, 2.45) is 0 Å². The minimum absolute atomic E-state index is 0.0895. The summed E-state index contributed by atoms with van der Waals surface area (Å²) in [5, 5.41) is 17.9. The molecule has 3 N–H and O–H groups in total. The van der Waals surface area contributed by atoms with Crippen molar-refractivity contribution in [2.75, 3.05) is 18.5 Å².